The van der Waals surface area contributed by atoms with Gasteiger partial charge in [-0.05, 0) is 44.0 Å². The molecule has 1 aliphatic heterocycles. The van der Waals surface area contributed by atoms with E-state index in [1.807, 2.05) is 25.1 Å². The summed E-state index contributed by atoms with van der Waals surface area (Å²) in [6.45, 7) is 4.73. The molecule has 0 amide bonds. The van der Waals surface area contributed by atoms with E-state index in [-0.39, 0.29) is 5.92 Å². The Labute approximate surface area is 166 Å². The molecule has 26 heavy (non-hydrogen) atoms. The fourth-order valence-electron chi connectivity index (χ4n) is 3.30. The SMILES string of the molecule is Cc1ncsc1-c1nnc([C@H]2CCCN(Cc3ccc(Cl)c(Cl)c3)C2)o1. The number of nitrogens with zero attached hydrogens (tertiary/aromatic N) is 4. The van der Waals surface area contributed by atoms with Crippen molar-refractivity contribution in [2.75, 3.05) is 13.1 Å². The number of benzene rings is 1. The zero-order valence-electron chi connectivity index (χ0n) is 14.3. The summed E-state index contributed by atoms with van der Waals surface area (Å²) in [5.41, 5.74) is 3.88. The second-order valence-electron chi connectivity index (χ2n) is 6.54. The second-order valence-corrected chi connectivity index (χ2v) is 8.20. The number of aryl methyl sites for hydroxylation is 1. The molecule has 1 aliphatic rings. The summed E-state index contributed by atoms with van der Waals surface area (Å²) in [7, 11) is 0. The second kappa shape index (κ2) is 7.64. The highest BCUT2D eigenvalue weighted by Crippen LogP contribution is 2.32. The maximum Gasteiger partial charge on any atom is 0.259 e. The van der Waals surface area contributed by atoms with Crippen LogP contribution in [0, 0.1) is 6.92 Å². The quantitative estimate of drug-likeness (QED) is 0.594. The molecule has 0 spiro atoms. The molecule has 1 saturated heterocycles. The number of hydrogen-bond donors (Lipinski definition) is 0. The fraction of sp³-hybridized carbons (Fsp3) is 0.389. The Morgan fingerprint density at radius 1 is 1.27 bits per heavy atom. The molecule has 0 N–H and O–H groups in total. The van der Waals surface area contributed by atoms with Gasteiger partial charge in [-0.15, -0.1) is 21.5 Å². The van der Waals surface area contributed by atoms with E-state index in [0.717, 1.165) is 48.6 Å². The molecule has 136 valence electrons. The van der Waals surface area contributed by atoms with Gasteiger partial charge in [-0.1, -0.05) is 29.3 Å². The summed E-state index contributed by atoms with van der Waals surface area (Å²) in [5, 5.41) is 9.71. The lowest BCUT2D eigenvalue weighted by atomic mass is 9.97. The standard InChI is InChI=1S/C18H18Cl2N4OS/c1-11-16(26-10-21-11)18-23-22-17(25-18)13-3-2-6-24(9-13)8-12-4-5-14(19)15(20)7-12/h4-5,7,10,13H,2-3,6,8-9H2,1H3/t13-/m0/s1. The van der Waals surface area contributed by atoms with Gasteiger partial charge in [0, 0.05) is 13.1 Å². The molecule has 2 aromatic heterocycles. The van der Waals surface area contributed by atoms with Gasteiger partial charge in [0.2, 0.25) is 5.89 Å². The lowest BCUT2D eigenvalue weighted by Crippen LogP contribution is -2.34. The van der Waals surface area contributed by atoms with Crippen LogP contribution < -0.4 is 0 Å². The fourth-order valence-corrected chi connectivity index (χ4v) is 4.34. The van der Waals surface area contributed by atoms with Crippen molar-refractivity contribution in [1.82, 2.24) is 20.1 Å². The number of rotatable bonds is 4. The van der Waals surface area contributed by atoms with E-state index in [1.165, 1.54) is 11.3 Å². The molecule has 5 nitrogen and oxygen atoms in total. The van der Waals surface area contributed by atoms with E-state index in [4.69, 9.17) is 27.6 Å². The van der Waals surface area contributed by atoms with Gasteiger partial charge in [0.1, 0.15) is 4.88 Å². The maximum atomic E-state index is 6.13. The normalized spacial score (nSPS) is 18.3. The van der Waals surface area contributed by atoms with Gasteiger partial charge in [0.05, 0.1) is 27.2 Å². The van der Waals surface area contributed by atoms with Crippen molar-refractivity contribution in [3.8, 4) is 10.8 Å². The Morgan fingerprint density at radius 3 is 2.92 bits per heavy atom. The summed E-state index contributed by atoms with van der Waals surface area (Å²) in [6.07, 6.45) is 2.16. The summed E-state index contributed by atoms with van der Waals surface area (Å²) < 4.78 is 5.96. The largest absolute Gasteiger partial charge is 0.419 e. The Kier molecular flexibility index (Phi) is 5.27. The van der Waals surface area contributed by atoms with Crippen molar-refractivity contribution in [1.29, 1.82) is 0 Å². The molecule has 1 atom stereocenters. The van der Waals surface area contributed by atoms with E-state index >= 15 is 0 Å². The summed E-state index contributed by atoms with van der Waals surface area (Å²) >= 11 is 13.7. The van der Waals surface area contributed by atoms with Crippen LogP contribution >= 0.6 is 34.5 Å². The molecule has 0 unspecified atom stereocenters. The number of halogens is 2. The van der Waals surface area contributed by atoms with E-state index in [2.05, 4.69) is 20.1 Å². The Hall–Kier alpha value is -1.47. The third-order valence-electron chi connectivity index (χ3n) is 4.63. The van der Waals surface area contributed by atoms with E-state index in [9.17, 15) is 0 Å². The molecule has 0 bridgehead atoms. The predicted octanol–water partition coefficient (Wildman–Crippen LogP) is 5.19. The van der Waals surface area contributed by atoms with E-state index in [0.29, 0.717) is 21.8 Å². The van der Waals surface area contributed by atoms with Gasteiger partial charge < -0.3 is 4.42 Å². The van der Waals surface area contributed by atoms with Crippen LogP contribution in [0.4, 0.5) is 0 Å². The lowest BCUT2D eigenvalue weighted by Gasteiger charge is -2.31. The van der Waals surface area contributed by atoms with E-state index < -0.39 is 0 Å². The zero-order valence-corrected chi connectivity index (χ0v) is 16.6. The summed E-state index contributed by atoms with van der Waals surface area (Å²) in [6, 6.07) is 5.81. The summed E-state index contributed by atoms with van der Waals surface area (Å²) in [4.78, 5) is 7.60. The number of piperidine rings is 1. The summed E-state index contributed by atoms with van der Waals surface area (Å²) in [5.74, 6) is 1.54. The minimum atomic E-state index is 0.251. The average molecular weight is 409 g/mol. The zero-order chi connectivity index (χ0) is 18.1. The van der Waals surface area contributed by atoms with Crippen molar-refractivity contribution >= 4 is 34.5 Å². The van der Waals surface area contributed by atoms with Gasteiger partial charge in [-0.25, -0.2) is 4.98 Å². The minimum Gasteiger partial charge on any atom is -0.419 e. The molecule has 3 heterocycles. The molecule has 1 fully saturated rings. The number of hydrogen-bond acceptors (Lipinski definition) is 6. The molecule has 0 aliphatic carbocycles. The minimum absolute atomic E-state index is 0.251. The highest BCUT2D eigenvalue weighted by molar-refractivity contribution is 7.13. The van der Waals surface area contributed by atoms with Gasteiger partial charge in [0.25, 0.3) is 5.89 Å². The molecular weight excluding hydrogens is 391 g/mol. The first kappa shape index (κ1) is 17.9. The lowest BCUT2D eigenvalue weighted by molar-refractivity contribution is 0.186. The van der Waals surface area contributed by atoms with Crippen molar-refractivity contribution in [3.05, 3.63) is 50.9 Å². The molecule has 3 aromatic rings. The topological polar surface area (TPSA) is 55.1 Å². The van der Waals surface area contributed by atoms with Gasteiger partial charge in [-0.3, -0.25) is 4.90 Å². The monoisotopic (exact) mass is 408 g/mol. The smallest absolute Gasteiger partial charge is 0.259 e. The first-order valence-corrected chi connectivity index (χ1v) is 10.1. The van der Waals surface area contributed by atoms with Crippen LogP contribution in [0.15, 0.2) is 28.1 Å². The molecular formula is C18H18Cl2N4OS. The first-order valence-electron chi connectivity index (χ1n) is 8.50. The Morgan fingerprint density at radius 2 is 2.15 bits per heavy atom. The van der Waals surface area contributed by atoms with Crippen LogP contribution in [0.5, 0.6) is 0 Å². The molecule has 4 rings (SSSR count). The van der Waals surface area contributed by atoms with Crippen molar-refractivity contribution < 1.29 is 4.42 Å². The van der Waals surface area contributed by atoms with Crippen LogP contribution in [0.3, 0.4) is 0 Å². The van der Waals surface area contributed by atoms with Gasteiger partial charge >= 0.3 is 0 Å². The molecule has 0 saturated carbocycles. The van der Waals surface area contributed by atoms with Gasteiger partial charge in [-0.2, -0.15) is 0 Å². The average Bonchev–Trinajstić information content (AvgIpc) is 3.27. The van der Waals surface area contributed by atoms with Gasteiger partial charge in [0.15, 0.2) is 0 Å². The molecule has 0 radical (unpaired) electrons. The maximum absolute atomic E-state index is 6.13. The van der Waals surface area contributed by atoms with Crippen molar-refractivity contribution in [3.63, 3.8) is 0 Å². The van der Waals surface area contributed by atoms with E-state index in [1.54, 1.807) is 5.51 Å². The van der Waals surface area contributed by atoms with Crippen molar-refractivity contribution in [2.45, 2.75) is 32.2 Å². The van der Waals surface area contributed by atoms with Crippen LogP contribution in [0.1, 0.15) is 35.9 Å². The number of likely N-dealkylation sites (tertiary alicyclic amines) is 1. The first-order chi connectivity index (χ1) is 12.6. The van der Waals surface area contributed by atoms with Crippen LogP contribution in [0.2, 0.25) is 10.0 Å². The van der Waals surface area contributed by atoms with Crippen molar-refractivity contribution in [2.24, 2.45) is 0 Å². The highest BCUT2D eigenvalue weighted by atomic mass is 35.5. The number of thiazole rings is 1. The van der Waals surface area contributed by atoms with Crippen LogP contribution in [0.25, 0.3) is 10.8 Å². The van der Waals surface area contributed by atoms with Crippen LogP contribution in [-0.4, -0.2) is 33.2 Å². The van der Waals surface area contributed by atoms with Crippen LogP contribution in [-0.2, 0) is 6.54 Å². The number of aromatic nitrogens is 3. The third-order valence-corrected chi connectivity index (χ3v) is 6.28. The Balaban J connectivity index is 1.46. The third kappa shape index (κ3) is 3.78. The Bertz CT molecular complexity index is 910. The molecule has 8 heteroatoms. The molecule has 1 aromatic carbocycles. The highest BCUT2D eigenvalue weighted by Gasteiger charge is 2.26. The predicted molar refractivity (Wildman–Crippen MR) is 104 cm³/mol.